The summed E-state index contributed by atoms with van der Waals surface area (Å²) in [6.45, 7) is 0. The lowest BCUT2D eigenvalue weighted by molar-refractivity contribution is -0.00204. The van der Waals surface area contributed by atoms with Crippen LogP contribution < -0.4 is 20.3 Å². The van der Waals surface area contributed by atoms with Gasteiger partial charge in [0.25, 0.3) is 5.56 Å². The maximum Gasteiger partial charge on any atom is 0.430 e. The summed E-state index contributed by atoms with van der Waals surface area (Å²) < 4.78 is 32.5. The number of aromatic amines is 1. The molecule has 162 valence electrons. The molecule has 0 amide bonds. The van der Waals surface area contributed by atoms with E-state index in [2.05, 4.69) is 4.98 Å². The van der Waals surface area contributed by atoms with Gasteiger partial charge in [-0.25, -0.2) is 9.36 Å². The van der Waals surface area contributed by atoms with Crippen LogP contribution in [0.2, 0.25) is 0 Å². The molecular formula is C22H23N2O6P. The van der Waals surface area contributed by atoms with Gasteiger partial charge in [0.05, 0.1) is 12.3 Å². The number of H-pyrrole nitrogens is 1. The molecule has 2 heterocycles. The van der Waals surface area contributed by atoms with E-state index in [1.54, 1.807) is 48.5 Å². The summed E-state index contributed by atoms with van der Waals surface area (Å²) >= 11 is 0. The van der Waals surface area contributed by atoms with E-state index in [4.69, 9.17) is 13.8 Å². The van der Waals surface area contributed by atoms with E-state index in [1.807, 2.05) is 12.1 Å². The van der Waals surface area contributed by atoms with Crippen molar-refractivity contribution >= 4 is 7.60 Å². The second kappa shape index (κ2) is 9.37. The molecule has 1 aliphatic heterocycles. The summed E-state index contributed by atoms with van der Waals surface area (Å²) in [5.41, 5.74) is -0.962. The topological polar surface area (TPSA) is 99.6 Å². The summed E-state index contributed by atoms with van der Waals surface area (Å²) in [5, 5.41) is 0. The normalized spacial score (nSPS) is 18.6. The van der Waals surface area contributed by atoms with Crippen LogP contribution >= 0.6 is 7.60 Å². The standard InChI is InChI=1S/C22H23N2O6P/c25-20-13-15-24(22(26)23-20)21-12-11-17(28-21)14-16-31(27,29-18-7-3-1-4-8-18)30-19-9-5-2-6-10-19/h1-10,13,15,17,21H,11-12,14,16H2,(H,23,25,26)/t17-,21+/m0/s1. The predicted octanol–water partition coefficient (Wildman–Crippen LogP) is 3.96. The summed E-state index contributed by atoms with van der Waals surface area (Å²) in [4.78, 5) is 25.5. The highest BCUT2D eigenvalue weighted by Gasteiger charge is 2.33. The quantitative estimate of drug-likeness (QED) is 0.530. The van der Waals surface area contributed by atoms with Gasteiger partial charge >= 0.3 is 13.3 Å². The van der Waals surface area contributed by atoms with Gasteiger partial charge in [0.1, 0.15) is 17.7 Å². The van der Waals surface area contributed by atoms with Crippen molar-refractivity contribution < 1.29 is 18.3 Å². The molecule has 0 aliphatic carbocycles. The van der Waals surface area contributed by atoms with Crippen molar-refractivity contribution in [2.75, 3.05) is 6.16 Å². The van der Waals surface area contributed by atoms with Crippen LogP contribution in [0.15, 0.2) is 82.5 Å². The van der Waals surface area contributed by atoms with Gasteiger partial charge in [0, 0.05) is 12.3 Å². The third kappa shape index (κ3) is 5.54. The summed E-state index contributed by atoms with van der Waals surface area (Å²) in [6.07, 6.45) is 2.62. The maximum absolute atomic E-state index is 13.6. The van der Waals surface area contributed by atoms with Crippen LogP contribution in [0.3, 0.4) is 0 Å². The summed E-state index contributed by atoms with van der Waals surface area (Å²) in [7, 11) is -3.52. The zero-order valence-corrected chi connectivity index (χ0v) is 17.6. The van der Waals surface area contributed by atoms with E-state index in [1.165, 1.54) is 16.8 Å². The van der Waals surface area contributed by atoms with Crippen molar-refractivity contribution in [3.05, 3.63) is 93.8 Å². The first-order valence-electron chi connectivity index (χ1n) is 10.1. The van der Waals surface area contributed by atoms with Crippen molar-refractivity contribution in [2.45, 2.75) is 31.6 Å². The highest BCUT2D eigenvalue weighted by molar-refractivity contribution is 7.54. The lowest BCUT2D eigenvalue weighted by Crippen LogP contribution is -2.31. The first-order valence-corrected chi connectivity index (χ1v) is 11.8. The Morgan fingerprint density at radius 1 is 0.935 bits per heavy atom. The molecule has 0 spiro atoms. The summed E-state index contributed by atoms with van der Waals surface area (Å²) in [5.74, 6) is 0.929. The number of benzene rings is 2. The van der Waals surface area contributed by atoms with Gasteiger partial charge in [-0.3, -0.25) is 14.3 Å². The molecule has 0 saturated carbocycles. The monoisotopic (exact) mass is 442 g/mol. The second-order valence-electron chi connectivity index (χ2n) is 7.24. The van der Waals surface area contributed by atoms with Crippen molar-refractivity contribution in [3.63, 3.8) is 0 Å². The molecule has 1 aliphatic rings. The fraction of sp³-hybridized carbons (Fsp3) is 0.273. The number of nitrogens with one attached hydrogen (secondary N) is 1. The largest absolute Gasteiger partial charge is 0.430 e. The number of aromatic nitrogens is 2. The second-order valence-corrected chi connectivity index (χ2v) is 9.27. The Balaban J connectivity index is 1.44. The zero-order valence-electron chi connectivity index (χ0n) is 16.8. The Bertz CT molecular complexity index is 1120. The Morgan fingerprint density at radius 3 is 2.13 bits per heavy atom. The van der Waals surface area contributed by atoms with Crippen molar-refractivity contribution in [3.8, 4) is 11.5 Å². The van der Waals surface area contributed by atoms with E-state index >= 15 is 0 Å². The van der Waals surface area contributed by atoms with Gasteiger partial charge in [-0.1, -0.05) is 36.4 Å². The first kappa shape index (κ1) is 21.2. The third-order valence-electron chi connectivity index (χ3n) is 4.95. The smallest absolute Gasteiger partial charge is 0.416 e. The fourth-order valence-corrected chi connectivity index (χ4v) is 5.16. The number of ether oxygens (including phenoxy) is 1. The average molecular weight is 442 g/mol. The maximum atomic E-state index is 13.6. The van der Waals surface area contributed by atoms with Gasteiger partial charge < -0.3 is 13.8 Å². The number of rotatable bonds is 8. The fourth-order valence-electron chi connectivity index (χ4n) is 3.45. The molecule has 1 fully saturated rings. The third-order valence-corrected chi connectivity index (χ3v) is 6.73. The van der Waals surface area contributed by atoms with E-state index in [0.717, 1.165) is 0 Å². The van der Waals surface area contributed by atoms with Gasteiger partial charge in [0.15, 0.2) is 0 Å². The number of para-hydroxylation sites is 2. The minimum atomic E-state index is -3.52. The first-order chi connectivity index (χ1) is 15.0. The molecule has 3 aromatic rings. The minimum Gasteiger partial charge on any atom is -0.416 e. The van der Waals surface area contributed by atoms with Crippen LogP contribution in [0.1, 0.15) is 25.5 Å². The van der Waals surface area contributed by atoms with Crippen molar-refractivity contribution in [2.24, 2.45) is 0 Å². The van der Waals surface area contributed by atoms with E-state index in [-0.39, 0.29) is 12.3 Å². The zero-order chi connectivity index (χ0) is 21.7. The van der Waals surface area contributed by atoms with Crippen LogP contribution in [0, 0.1) is 0 Å². The molecular weight excluding hydrogens is 419 g/mol. The van der Waals surface area contributed by atoms with Gasteiger partial charge in [-0.2, -0.15) is 0 Å². The molecule has 2 aromatic carbocycles. The lowest BCUT2D eigenvalue weighted by Gasteiger charge is -2.22. The molecule has 8 nitrogen and oxygen atoms in total. The van der Waals surface area contributed by atoms with Crippen LogP contribution in [0.5, 0.6) is 11.5 Å². The molecule has 31 heavy (non-hydrogen) atoms. The van der Waals surface area contributed by atoms with E-state index in [9.17, 15) is 14.2 Å². The van der Waals surface area contributed by atoms with Crippen LogP contribution in [-0.4, -0.2) is 21.8 Å². The van der Waals surface area contributed by atoms with Crippen molar-refractivity contribution in [1.29, 1.82) is 0 Å². The average Bonchev–Trinajstić information content (AvgIpc) is 3.22. The van der Waals surface area contributed by atoms with Crippen LogP contribution in [-0.2, 0) is 9.30 Å². The Kier molecular flexibility index (Phi) is 6.39. The molecule has 1 N–H and O–H groups in total. The van der Waals surface area contributed by atoms with E-state index < -0.39 is 25.1 Å². The SMILES string of the molecule is O=c1ccn([C@H]2CC[C@@H](CCP(=O)(Oc3ccccc3)Oc3ccccc3)O2)c(=O)[nH]1. The highest BCUT2D eigenvalue weighted by atomic mass is 31.2. The van der Waals surface area contributed by atoms with Crippen molar-refractivity contribution in [1.82, 2.24) is 9.55 Å². The molecule has 1 aromatic heterocycles. The summed E-state index contributed by atoms with van der Waals surface area (Å²) in [6, 6.07) is 19.1. The molecule has 2 atom stereocenters. The minimum absolute atomic E-state index is 0.148. The molecule has 0 bridgehead atoms. The predicted molar refractivity (Wildman–Crippen MR) is 116 cm³/mol. The van der Waals surface area contributed by atoms with Gasteiger partial charge in [0.2, 0.25) is 0 Å². The van der Waals surface area contributed by atoms with Crippen LogP contribution in [0.4, 0.5) is 0 Å². The molecule has 1 saturated heterocycles. The Labute approximate surface area is 179 Å². The number of hydrogen-bond donors (Lipinski definition) is 1. The van der Waals surface area contributed by atoms with E-state index in [0.29, 0.717) is 30.8 Å². The Hall–Kier alpha value is -3.09. The molecule has 0 unspecified atom stereocenters. The lowest BCUT2D eigenvalue weighted by atomic mass is 10.2. The molecule has 9 heteroatoms. The van der Waals surface area contributed by atoms with Gasteiger partial charge in [-0.05, 0) is 43.5 Å². The molecule has 4 rings (SSSR count). The number of hydrogen-bond acceptors (Lipinski definition) is 6. The Morgan fingerprint density at radius 2 is 1.55 bits per heavy atom. The molecule has 0 radical (unpaired) electrons. The van der Waals surface area contributed by atoms with Gasteiger partial charge in [-0.15, -0.1) is 0 Å². The highest BCUT2D eigenvalue weighted by Crippen LogP contribution is 2.50. The van der Waals surface area contributed by atoms with Crippen LogP contribution in [0.25, 0.3) is 0 Å². The number of nitrogens with zero attached hydrogens (tertiary/aromatic N) is 1.